The monoisotopic (exact) mass is 313 g/mol. The molecule has 0 heterocycles. The van der Waals surface area contributed by atoms with Gasteiger partial charge in [-0.2, -0.15) is 0 Å². The summed E-state index contributed by atoms with van der Waals surface area (Å²) in [5.74, 6) is 0.353. The van der Waals surface area contributed by atoms with Gasteiger partial charge >= 0.3 is 0 Å². The molecule has 0 atom stereocenters. The maximum Gasteiger partial charge on any atom is 0.244 e. The Balaban J connectivity index is 1.74. The van der Waals surface area contributed by atoms with Crippen molar-refractivity contribution in [2.45, 2.75) is 12.8 Å². The lowest BCUT2D eigenvalue weighted by atomic mass is 10.1. The fraction of sp³-hybridized carbons (Fsp3) is 0.211. The normalized spacial score (nSPS) is 10.7. The van der Waals surface area contributed by atoms with Crippen LogP contribution in [0.15, 0.2) is 54.6 Å². The van der Waals surface area contributed by atoms with Crippen LogP contribution in [0.25, 0.3) is 6.08 Å². The number of benzene rings is 2. The summed E-state index contributed by atoms with van der Waals surface area (Å²) in [6.07, 6.45) is 4.83. The number of methoxy groups -OCH3 is 1. The molecule has 2 aromatic rings. The summed E-state index contributed by atoms with van der Waals surface area (Å²) in [6, 6.07) is 13.9. The van der Waals surface area contributed by atoms with Gasteiger partial charge in [-0.05, 0) is 42.7 Å². The minimum Gasteiger partial charge on any atom is -0.496 e. The molecule has 120 valence electrons. The summed E-state index contributed by atoms with van der Waals surface area (Å²) >= 11 is 0. The number of nitrogens with one attached hydrogen (secondary N) is 1. The fourth-order valence-electron chi connectivity index (χ4n) is 2.18. The number of amides is 1. The molecule has 0 radical (unpaired) electrons. The van der Waals surface area contributed by atoms with E-state index in [4.69, 9.17) is 4.74 Å². The van der Waals surface area contributed by atoms with Crippen LogP contribution in [-0.4, -0.2) is 19.6 Å². The Morgan fingerprint density at radius 3 is 2.65 bits per heavy atom. The predicted molar refractivity (Wildman–Crippen MR) is 89.8 cm³/mol. The summed E-state index contributed by atoms with van der Waals surface area (Å²) in [6.45, 7) is 0.576. The summed E-state index contributed by atoms with van der Waals surface area (Å²) in [5, 5.41) is 2.83. The molecule has 1 N–H and O–H groups in total. The molecule has 0 spiro atoms. The van der Waals surface area contributed by atoms with Gasteiger partial charge in [0.1, 0.15) is 11.6 Å². The average Bonchev–Trinajstić information content (AvgIpc) is 2.58. The molecule has 0 saturated carbocycles. The first-order valence-corrected chi connectivity index (χ1v) is 7.52. The Morgan fingerprint density at radius 1 is 1.17 bits per heavy atom. The van der Waals surface area contributed by atoms with Crippen molar-refractivity contribution >= 4 is 12.0 Å². The van der Waals surface area contributed by atoms with Crippen molar-refractivity contribution in [1.82, 2.24) is 5.32 Å². The van der Waals surface area contributed by atoms with E-state index in [0.717, 1.165) is 29.7 Å². The molecule has 0 unspecified atom stereocenters. The van der Waals surface area contributed by atoms with Crippen molar-refractivity contribution in [1.29, 1.82) is 0 Å². The van der Waals surface area contributed by atoms with E-state index in [1.165, 1.54) is 18.2 Å². The van der Waals surface area contributed by atoms with Crippen LogP contribution < -0.4 is 10.1 Å². The first kappa shape index (κ1) is 16.7. The molecule has 0 fully saturated rings. The van der Waals surface area contributed by atoms with Crippen LogP contribution in [0.2, 0.25) is 0 Å². The Kier molecular flexibility index (Phi) is 6.36. The lowest BCUT2D eigenvalue weighted by Crippen LogP contribution is -2.22. The molecule has 0 aliphatic rings. The zero-order valence-corrected chi connectivity index (χ0v) is 13.1. The summed E-state index contributed by atoms with van der Waals surface area (Å²) in [5.41, 5.74) is 1.92. The van der Waals surface area contributed by atoms with Gasteiger partial charge in [0, 0.05) is 18.2 Å². The third-order valence-electron chi connectivity index (χ3n) is 3.41. The van der Waals surface area contributed by atoms with Crippen LogP contribution in [0.5, 0.6) is 5.75 Å². The highest BCUT2D eigenvalue weighted by molar-refractivity contribution is 5.92. The van der Waals surface area contributed by atoms with Crippen LogP contribution >= 0.6 is 0 Å². The van der Waals surface area contributed by atoms with Crippen molar-refractivity contribution in [2.24, 2.45) is 0 Å². The molecular formula is C19H20FNO2. The second kappa shape index (κ2) is 8.73. The molecule has 4 heteroatoms. The van der Waals surface area contributed by atoms with E-state index in [1.807, 2.05) is 24.3 Å². The maximum atomic E-state index is 12.8. The molecule has 0 aliphatic heterocycles. The van der Waals surface area contributed by atoms with Gasteiger partial charge in [0.2, 0.25) is 5.91 Å². The van der Waals surface area contributed by atoms with E-state index in [1.54, 1.807) is 25.3 Å². The van der Waals surface area contributed by atoms with E-state index in [-0.39, 0.29) is 11.7 Å². The van der Waals surface area contributed by atoms with Gasteiger partial charge in [-0.25, -0.2) is 4.39 Å². The van der Waals surface area contributed by atoms with E-state index in [2.05, 4.69) is 5.32 Å². The van der Waals surface area contributed by atoms with Gasteiger partial charge < -0.3 is 10.1 Å². The van der Waals surface area contributed by atoms with E-state index in [0.29, 0.717) is 6.54 Å². The number of carbonyl (C=O) groups excluding carboxylic acids is 1. The number of rotatable bonds is 7. The number of carbonyl (C=O) groups is 1. The fourth-order valence-corrected chi connectivity index (χ4v) is 2.18. The molecule has 0 saturated heterocycles. The predicted octanol–water partition coefficient (Wildman–Crippen LogP) is 3.60. The Morgan fingerprint density at radius 2 is 1.91 bits per heavy atom. The third kappa shape index (κ3) is 5.58. The zero-order valence-electron chi connectivity index (χ0n) is 13.1. The lowest BCUT2D eigenvalue weighted by molar-refractivity contribution is -0.116. The summed E-state index contributed by atoms with van der Waals surface area (Å²) in [4.78, 5) is 11.8. The summed E-state index contributed by atoms with van der Waals surface area (Å²) in [7, 11) is 1.60. The van der Waals surface area contributed by atoms with Crippen molar-refractivity contribution < 1.29 is 13.9 Å². The number of aryl methyl sites for hydroxylation is 1. The van der Waals surface area contributed by atoms with Gasteiger partial charge in [0.25, 0.3) is 0 Å². The smallest absolute Gasteiger partial charge is 0.244 e. The van der Waals surface area contributed by atoms with Crippen LogP contribution in [0.4, 0.5) is 4.39 Å². The standard InChI is InChI=1S/C19H20FNO2/c1-23-18-7-3-2-6-16(18)10-13-19(22)21-14-4-5-15-8-11-17(20)12-9-15/h2-3,6-13H,4-5,14H2,1H3,(H,21,22)/b13-10+. The third-order valence-corrected chi connectivity index (χ3v) is 3.41. The average molecular weight is 313 g/mol. The lowest BCUT2D eigenvalue weighted by Gasteiger charge is -2.04. The van der Waals surface area contributed by atoms with Crippen LogP contribution in [0.1, 0.15) is 17.5 Å². The second-order valence-electron chi connectivity index (χ2n) is 5.10. The van der Waals surface area contributed by atoms with E-state index >= 15 is 0 Å². The first-order chi connectivity index (χ1) is 11.2. The number of para-hydroxylation sites is 1. The van der Waals surface area contributed by atoms with Crippen molar-refractivity contribution in [3.63, 3.8) is 0 Å². The highest BCUT2D eigenvalue weighted by atomic mass is 19.1. The van der Waals surface area contributed by atoms with Crippen molar-refractivity contribution in [3.8, 4) is 5.75 Å². The van der Waals surface area contributed by atoms with Crippen LogP contribution in [0.3, 0.4) is 0 Å². The largest absolute Gasteiger partial charge is 0.496 e. The SMILES string of the molecule is COc1ccccc1/C=C/C(=O)NCCCc1ccc(F)cc1. The molecule has 3 nitrogen and oxygen atoms in total. The van der Waals surface area contributed by atoms with Crippen molar-refractivity contribution in [3.05, 3.63) is 71.6 Å². The van der Waals surface area contributed by atoms with Gasteiger partial charge in [0.15, 0.2) is 0 Å². The highest BCUT2D eigenvalue weighted by Gasteiger charge is 2.00. The van der Waals surface area contributed by atoms with E-state index < -0.39 is 0 Å². The van der Waals surface area contributed by atoms with Gasteiger partial charge in [-0.15, -0.1) is 0 Å². The van der Waals surface area contributed by atoms with Gasteiger partial charge in [-0.3, -0.25) is 4.79 Å². The quantitative estimate of drug-likeness (QED) is 0.626. The molecule has 2 aromatic carbocycles. The first-order valence-electron chi connectivity index (χ1n) is 7.52. The Hall–Kier alpha value is -2.62. The topological polar surface area (TPSA) is 38.3 Å². The number of hydrogen-bond acceptors (Lipinski definition) is 2. The molecule has 0 aromatic heterocycles. The Bertz CT molecular complexity index is 665. The van der Waals surface area contributed by atoms with Gasteiger partial charge in [0.05, 0.1) is 7.11 Å². The van der Waals surface area contributed by atoms with Crippen LogP contribution in [-0.2, 0) is 11.2 Å². The van der Waals surface area contributed by atoms with E-state index in [9.17, 15) is 9.18 Å². The minimum absolute atomic E-state index is 0.144. The number of ether oxygens (including phenoxy) is 1. The number of halogens is 1. The highest BCUT2D eigenvalue weighted by Crippen LogP contribution is 2.18. The zero-order chi connectivity index (χ0) is 16.5. The maximum absolute atomic E-state index is 12.8. The van der Waals surface area contributed by atoms with Crippen LogP contribution in [0, 0.1) is 5.82 Å². The molecule has 0 bridgehead atoms. The molecule has 1 amide bonds. The second-order valence-corrected chi connectivity index (χ2v) is 5.10. The Labute approximate surface area is 135 Å². The molecular weight excluding hydrogens is 293 g/mol. The van der Waals surface area contributed by atoms with Gasteiger partial charge in [-0.1, -0.05) is 30.3 Å². The number of hydrogen-bond donors (Lipinski definition) is 1. The van der Waals surface area contributed by atoms with Crippen molar-refractivity contribution in [2.75, 3.05) is 13.7 Å². The summed E-state index contributed by atoms with van der Waals surface area (Å²) < 4.78 is 18.0. The molecule has 0 aliphatic carbocycles. The minimum atomic E-state index is -0.233. The molecule has 23 heavy (non-hydrogen) atoms. The molecule has 2 rings (SSSR count).